The molecule has 0 unspecified atom stereocenters. The van der Waals surface area contributed by atoms with Crippen LogP contribution in [0.4, 0.5) is 0 Å². The van der Waals surface area contributed by atoms with Crippen LogP contribution in [-0.4, -0.2) is 32.7 Å². The maximum Gasteiger partial charge on any atom is 0.251 e. The minimum absolute atomic E-state index is 0.173. The van der Waals surface area contributed by atoms with Crippen molar-refractivity contribution in [1.82, 2.24) is 9.62 Å². The summed E-state index contributed by atoms with van der Waals surface area (Å²) < 4.78 is 25.9. The number of sulfonamides is 1. The minimum Gasteiger partial charge on any atom is -0.355 e. The Labute approximate surface area is 142 Å². The Morgan fingerprint density at radius 1 is 1.08 bits per heavy atom. The fourth-order valence-electron chi connectivity index (χ4n) is 2.09. The lowest BCUT2D eigenvalue weighted by atomic mass is 10.1. The van der Waals surface area contributed by atoms with E-state index in [1.807, 2.05) is 30.3 Å². The standard InChI is InChI=1S/C18H20N2O3S/c1-19-18(21)17-10-8-16(9-11-17)14-20(2)24(22,23)13-12-15-6-4-3-5-7-15/h3-13H,14H2,1-2H3,(H,19,21)/b13-12+. The van der Waals surface area contributed by atoms with Gasteiger partial charge in [-0.25, -0.2) is 8.42 Å². The van der Waals surface area contributed by atoms with Gasteiger partial charge in [0.15, 0.2) is 0 Å². The van der Waals surface area contributed by atoms with Gasteiger partial charge in [0.2, 0.25) is 10.0 Å². The molecule has 0 spiro atoms. The van der Waals surface area contributed by atoms with Crippen LogP contribution in [0.5, 0.6) is 0 Å². The van der Waals surface area contributed by atoms with Crippen LogP contribution in [0.1, 0.15) is 21.5 Å². The molecule has 2 aromatic carbocycles. The van der Waals surface area contributed by atoms with Gasteiger partial charge in [-0.3, -0.25) is 4.79 Å². The molecule has 6 heteroatoms. The molecule has 0 aliphatic heterocycles. The summed E-state index contributed by atoms with van der Waals surface area (Å²) in [4.78, 5) is 11.5. The van der Waals surface area contributed by atoms with Crippen LogP contribution in [0.25, 0.3) is 6.08 Å². The van der Waals surface area contributed by atoms with E-state index in [1.165, 1.54) is 16.8 Å². The molecule has 0 heterocycles. The smallest absolute Gasteiger partial charge is 0.251 e. The van der Waals surface area contributed by atoms with Gasteiger partial charge >= 0.3 is 0 Å². The largest absolute Gasteiger partial charge is 0.355 e. The summed E-state index contributed by atoms with van der Waals surface area (Å²) in [5.74, 6) is -0.173. The van der Waals surface area contributed by atoms with E-state index in [0.717, 1.165) is 11.1 Å². The zero-order valence-corrected chi connectivity index (χ0v) is 14.5. The minimum atomic E-state index is -3.51. The second-order valence-corrected chi connectivity index (χ2v) is 7.22. The number of benzene rings is 2. The maximum atomic E-state index is 12.3. The Morgan fingerprint density at radius 2 is 1.71 bits per heavy atom. The first-order valence-electron chi connectivity index (χ1n) is 7.43. The van der Waals surface area contributed by atoms with E-state index in [1.54, 1.807) is 37.4 Å². The summed E-state index contributed by atoms with van der Waals surface area (Å²) in [5.41, 5.74) is 2.17. The monoisotopic (exact) mass is 344 g/mol. The molecule has 2 rings (SSSR count). The van der Waals surface area contributed by atoms with Crippen molar-refractivity contribution in [1.29, 1.82) is 0 Å². The van der Waals surface area contributed by atoms with E-state index >= 15 is 0 Å². The second kappa shape index (κ2) is 7.90. The molecule has 2 aromatic rings. The number of hydrogen-bond donors (Lipinski definition) is 1. The van der Waals surface area contributed by atoms with Crippen LogP contribution >= 0.6 is 0 Å². The van der Waals surface area contributed by atoms with E-state index < -0.39 is 10.0 Å². The molecule has 0 saturated heterocycles. The van der Waals surface area contributed by atoms with E-state index in [-0.39, 0.29) is 12.5 Å². The summed E-state index contributed by atoms with van der Waals surface area (Å²) in [7, 11) is -0.424. The zero-order valence-electron chi connectivity index (χ0n) is 13.6. The van der Waals surface area contributed by atoms with Gasteiger partial charge in [-0.05, 0) is 29.3 Å². The topological polar surface area (TPSA) is 66.5 Å². The molecule has 24 heavy (non-hydrogen) atoms. The van der Waals surface area contributed by atoms with E-state index in [9.17, 15) is 13.2 Å². The molecule has 0 atom stereocenters. The third-order valence-corrected chi connectivity index (χ3v) is 4.99. The molecule has 5 nitrogen and oxygen atoms in total. The Hall–Kier alpha value is -2.44. The first kappa shape index (κ1) is 17.9. The molecule has 1 N–H and O–H groups in total. The van der Waals surface area contributed by atoms with Crippen molar-refractivity contribution in [3.63, 3.8) is 0 Å². The highest BCUT2D eigenvalue weighted by molar-refractivity contribution is 7.92. The van der Waals surface area contributed by atoms with Crippen LogP contribution in [0, 0.1) is 0 Å². The lowest BCUT2D eigenvalue weighted by molar-refractivity contribution is 0.0963. The molecule has 0 bridgehead atoms. The first-order valence-corrected chi connectivity index (χ1v) is 8.93. The number of hydrogen-bond acceptors (Lipinski definition) is 3. The predicted octanol–water partition coefficient (Wildman–Crippen LogP) is 2.48. The van der Waals surface area contributed by atoms with E-state index in [4.69, 9.17) is 0 Å². The Balaban J connectivity index is 2.06. The lowest BCUT2D eigenvalue weighted by Gasteiger charge is -2.15. The number of carbonyl (C=O) groups excluding carboxylic acids is 1. The molecule has 0 aromatic heterocycles. The molecule has 0 aliphatic rings. The molecular weight excluding hydrogens is 324 g/mol. The van der Waals surface area contributed by atoms with Crippen LogP contribution < -0.4 is 5.32 Å². The molecule has 126 valence electrons. The second-order valence-electron chi connectivity index (χ2n) is 5.29. The molecule has 1 amide bonds. The average molecular weight is 344 g/mol. The van der Waals surface area contributed by atoms with Gasteiger partial charge in [0.1, 0.15) is 0 Å². The fraction of sp³-hybridized carbons (Fsp3) is 0.167. The van der Waals surface area contributed by atoms with Crippen molar-refractivity contribution < 1.29 is 13.2 Å². The third-order valence-electron chi connectivity index (χ3n) is 3.51. The van der Waals surface area contributed by atoms with Crippen LogP contribution in [-0.2, 0) is 16.6 Å². The number of nitrogens with one attached hydrogen (secondary N) is 1. The average Bonchev–Trinajstić information content (AvgIpc) is 2.61. The van der Waals surface area contributed by atoms with Crippen molar-refractivity contribution in [2.45, 2.75) is 6.54 Å². The fourth-order valence-corrected chi connectivity index (χ4v) is 2.95. The number of amides is 1. The van der Waals surface area contributed by atoms with Gasteiger partial charge < -0.3 is 5.32 Å². The summed E-state index contributed by atoms with van der Waals surface area (Å²) in [5, 5.41) is 3.74. The highest BCUT2D eigenvalue weighted by atomic mass is 32.2. The highest BCUT2D eigenvalue weighted by Crippen LogP contribution is 2.12. The van der Waals surface area contributed by atoms with Crippen molar-refractivity contribution in [3.8, 4) is 0 Å². The van der Waals surface area contributed by atoms with Crippen LogP contribution in [0.3, 0.4) is 0 Å². The van der Waals surface area contributed by atoms with E-state index in [2.05, 4.69) is 5.32 Å². The maximum absolute atomic E-state index is 12.3. The number of rotatable bonds is 6. The molecule has 0 fully saturated rings. The van der Waals surface area contributed by atoms with Crippen LogP contribution in [0.15, 0.2) is 60.0 Å². The zero-order chi connectivity index (χ0) is 17.6. The number of carbonyl (C=O) groups is 1. The predicted molar refractivity (Wildman–Crippen MR) is 95.7 cm³/mol. The van der Waals surface area contributed by atoms with E-state index in [0.29, 0.717) is 5.56 Å². The summed E-state index contributed by atoms with van der Waals surface area (Å²) in [6, 6.07) is 16.1. The summed E-state index contributed by atoms with van der Waals surface area (Å²) >= 11 is 0. The van der Waals surface area contributed by atoms with Crippen molar-refractivity contribution in [2.24, 2.45) is 0 Å². The van der Waals surface area contributed by atoms with Gasteiger partial charge in [-0.15, -0.1) is 0 Å². The van der Waals surface area contributed by atoms with Gasteiger partial charge in [-0.1, -0.05) is 42.5 Å². The Bertz CT molecular complexity index is 813. The third kappa shape index (κ3) is 4.78. The molecular formula is C18H20N2O3S. The SMILES string of the molecule is CNC(=O)c1ccc(CN(C)S(=O)(=O)/C=C/c2ccccc2)cc1. The summed E-state index contributed by atoms with van der Waals surface area (Å²) in [6.45, 7) is 0.232. The Morgan fingerprint density at radius 3 is 2.29 bits per heavy atom. The van der Waals surface area contributed by atoms with Crippen molar-refractivity contribution in [3.05, 3.63) is 76.7 Å². The normalized spacial score (nSPS) is 11.8. The van der Waals surface area contributed by atoms with Crippen molar-refractivity contribution in [2.75, 3.05) is 14.1 Å². The van der Waals surface area contributed by atoms with Gasteiger partial charge in [0.05, 0.1) is 0 Å². The highest BCUT2D eigenvalue weighted by Gasteiger charge is 2.14. The van der Waals surface area contributed by atoms with Gasteiger partial charge in [-0.2, -0.15) is 4.31 Å². The lowest BCUT2D eigenvalue weighted by Crippen LogP contribution is -2.24. The summed E-state index contributed by atoms with van der Waals surface area (Å²) in [6.07, 6.45) is 1.57. The first-order chi connectivity index (χ1) is 11.4. The molecule has 0 radical (unpaired) electrons. The number of nitrogens with zero attached hydrogens (tertiary/aromatic N) is 1. The van der Waals surface area contributed by atoms with Gasteiger partial charge in [0, 0.05) is 31.6 Å². The Kier molecular flexibility index (Phi) is 5.89. The van der Waals surface area contributed by atoms with Crippen molar-refractivity contribution >= 4 is 22.0 Å². The molecule has 0 saturated carbocycles. The van der Waals surface area contributed by atoms with Crippen LogP contribution in [0.2, 0.25) is 0 Å². The van der Waals surface area contributed by atoms with Gasteiger partial charge in [0.25, 0.3) is 5.91 Å². The molecule has 0 aliphatic carbocycles. The quantitative estimate of drug-likeness (QED) is 0.875.